The third kappa shape index (κ3) is 4.00. The van der Waals surface area contributed by atoms with Gasteiger partial charge in [0, 0.05) is 31.9 Å². The van der Waals surface area contributed by atoms with E-state index < -0.39 is 5.97 Å². The summed E-state index contributed by atoms with van der Waals surface area (Å²) in [6.45, 7) is 6.49. The van der Waals surface area contributed by atoms with Crippen LogP contribution in [0.2, 0.25) is 0 Å². The Morgan fingerprint density at radius 1 is 1.44 bits per heavy atom. The highest BCUT2D eigenvalue weighted by Gasteiger charge is 2.23. The van der Waals surface area contributed by atoms with E-state index in [0.29, 0.717) is 18.8 Å². The summed E-state index contributed by atoms with van der Waals surface area (Å²) in [6, 6.07) is 2.00. The van der Waals surface area contributed by atoms with Crippen LogP contribution in [0.3, 0.4) is 0 Å². The number of H-pyrrole nitrogens is 1. The summed E-state index contributed by atoms with van der Waals surface area (Å²) in [4.78, 5) is 18.8. The Morgan fingerprint density at radius 2 is 2.08 bits per heavy atom. The first-order chi connectivity index (χ1) is 11.9. The number of carbonyl (C=O) groups excluding carboxylic acids is 1. The number of amidine groups is 1. The summed E-state index contributed by atoms with van der Waals surface area (Å²) in [5.41, 5.74) is 0.842. The molecule has 1 aliphatic rings. The quantitative estimate of drug-likeness (QED) is 0.328. The highest BCUT2D eigenvalue weighted by atomic mass is 16.5. The van der Waals surface area contributed by atoms with Gasteiger partial charge in [0.1, 0.15) is 17.5 Å². The third-order valence-electron chi connectivity index (χ3n) is 4.15. The Kier molecular flexibility index (Phi) is 5.83. The Hall–Kier alpha value is -2.79. The second kappa shape index (κ2) is 7.85. The lowest BCUT2D eigenvalue weighted by Gasteiger charge is -2.33. The number of hydrogen-bond acceptors (Lipinski definition) is 6. The van der Waals surface area contributed by atoms with Crippen molar-refractivity contribution in [3.63, 3.8) is 0 Å². The predicted octanol–water partition coefficient (Wildman–Crippen LogP) is 1.34. The number of nitriles is 1. The van der Waals surface area contributed by atoms with Crippen LogP contribution in [-0.2, 0) is 4.74 Å². The van der Waals surface area contributed by atoms with Crippen molar-refractivity contribution in [1.82, 2.24) is 14.8 Å². The highest BCUT2D eigenvalue weighted by Crippen LogP contribution is 2.28. The van der Waals surface area contributed by atoms with Crippen LogP contribution in [0.5, 0.6) is 5.75 Å². The molecule has 0 saturated carbocycles. The maximum atomic E-state index is 11.9. The summed E-state index contributed by atoms with van der Waals surface area (Å²) in [7, 11) is 2.01. The first-order valence-corrected chi connectivity index (χ1v) is 8.11. The third-order valence-corrected chi connectivity index (χ3v) is 4.15. The Balaban J connectivity index is 2.28. The Labute approximate surface area is 146 Å². The fourth-order valence-electron chi connectivity index (χ4n) is 2.69. The average molecular weight is 345 g/mol. The van der Waals surface area contributed by atoms with Crippen LogP contribution >= 0.6 is 0 Å². The average Bonchev–Trinajstić information content (AvgIpc) is 2.86. The van der Waals surface area contributed by atoms with E-state index in [-0.39, 0.29) is 35.0 Å². The zero-order chi connectivity index (χ0) is 18.6. The molecule has 0 amide bonds. The lowest BCUT2D eigenvalue weighted by Crippen LogP contribution is -2.47. The summed E-state index contributed by atoms with van der Waals surface area (Å²) >= 11 is 0. The molecule has 1 aromatic heterocycles. The number of hydrogen-bond donors (Lipinski definition) is 3. The van der Waals surface area contributed by atoms with Gasteiger partial charge in [-0.25, -0.2) is 4.79 Å². The van der Waals surface area contributed by atoms with Gasteiger partial charge in [-0.15, -0.1) is 0 Å². The van der Waals surface area contributed by atoms with Crippen molar-refractivity contribution in [1.29, 1.82) is 10.7 Å². The van der Waals surface area contributed by atoms with E-state index in [1.165, 1.54) is 6.08 Å². The summed E-state index contributed by atoms with van der Waals surface area (Å²) in [5, 5.41) is 28.0. The van der Waals surface area contributed by atoms with E-state index in [2.05, 4.69) is 9.88 Å². The first kappa shape index (κ1) is 18.5. The van der Waals surface area contributed by atoms with Crippen molar-refractivity contribution in [2.75, 3.05) is 39.8 Å². The maximum absolute atomic E-state index is 11.9. The standard InChI is InChI=1S/C17H23N5O3/c1-4-25-17(24)14-11(2)20-13(15(14)23)9-12(10-18)16(19)22-7-5-21(3)6-8-22/h9,19-20,23H,4-8H2,1-3H3/b12-9-,19-16?. The van der Waals surface area contributed by atoms with Gasteiger partial charge in [0.05, 0.1) is 17.9 Å². The summed E-state index contributed by atoms with van der Waals surface area (Å²) < 4.78 is 4.93. The van der Waals surface area contributed by atoms with Crippen LogP contribution in [0.1, 0.15) is 28.7 Å². The second-order valence-corrected chi connectivity index (χ2v) is 5.92. The SMILES string of the molecule is CCOC(=O)c1c(C)[nH]c(/C=C(/C#N)C(=N)N2CCN(C)CC2)c1O. The predicted molar refractivity (Wildman–Crippen MR) is 93.5 cm³/mol. The molecule has 1 aromatic rings. The molecule has 8 nitrogen and oxygen atoms in total. The van der Waals surface area contributed by atoms with Crippen LogP contribution in [0.15, 0.2) is 5.57 Å². The maximum Gasteiger partial charge on any atom is 0.343 e. The number of aromatic hydroxyl groups is 1. The molecule has 3 N–H and O–H groups in total. The van der Waals surface area contributed by atoms with Gasteiger partial charge < -0.3 is 24.6 Å². The highest BCUT2D eigenvalue weighted by molar-refractivity contribution is 6.04. The lowest BCUT2D eigenvalue weighted by atomic mass is 10.1. The van der Waals surface area contributed by atoms with E-state index in [9.17, 15) is 15.2 Å². The van der Waals surface area contributed by atoms with E-state index in [0.717, 1.165) is 13.1 Å². The first-order valence-electron chi connectivity index (χ1n) is 8.11. The Morgan fingerprint density at radius 3 is 2.64 bits per heavy atom. The van der Waals surface area contributed by atoms with E-state index >= 15 is 0 Å². The van der Waals surface area contributed by atoms with E-state index in [1.54, 1.807) is 13.8 Å². The molecule has 1 aliphatic heterocycles. The molecule has 8 heteroatoms. The summed E-state index contributed by atoms with van der Waals surface area (Å²) in [6.07, 6.45) is 1.39. The number of aromatic nitrogens is 1. The zero-order valence-corrected chi connectivity index (χ0v) is 14.7. The molecule has 0 bridgehead atoms. The molecule has 0 atom stereocenters. The van der Waals surface area contributed by atoms with Gasteiger partial charge in [0.2, 0.25) is 0 Å². The number of nitrogens with zero attached hydrogens (tertiary/aromatic N) is 3. The molecule has 1 fully saturated rings. The van der Waals surface area contributed by atoms with Crippen molar-refractivity contribution in [3.05, 3.63) is 22.5 Å². The van der Waals surface area contributed by atoms with Gasteiger partial charge in [-0.05, 0) is 27.0 Å². The number of aryl methyl sites for hydroxylation is 1. The van der Waals surface area contributed by atoms with Crippen molar-refractivity contribution >= 4 is 17.9 Å². The molecule has 2 rings (SSSR count). The number of nitrogens with one attached hydrogen (secondary N) is 2. The van der Waals surface area contributed by atoms with Gasteiger partial charge in [-0.1, -0.05) is 0 Å². The lowest BCUT2D eigenvalue weighted by molar-refractivity contribution is 0.0522. The van der Waals surface area contributed by atoms with Crippen LogP contribution in [0.25, 0.3) is 6.08 Å². The molecule has 0 spiro atoms. The van der Waals surface area contributed by atoms with Crippen LogP contribution in [0, 0.1) is 23.7 Å². The Bertz CT molecular complexity index is 736. The van der Waals surface area contributed by atoms with Gasteiger partial charge in [-0.3, -0.25) is 5.41 Å². The fraction of sp³-hybridized carbons (Fsp3) is 0.471. The van der Waals surface area contributed by atoms with Crippen molar-refractivity contribution in [2.45, 2.75) is 13.8 Å². The minimum Gasteiger partial charge on any atom is -0.505 e. The van der Waals surface area contributed by atoms with E-state index in [1.807, 2.05) is 18.0 Å². The summed E-state index contributed by atoms with van der Waals surface area (Å²) in [5.74, 6) is -0.782. The van der Waals surface area contributed by atoms with Gasteiger partial charge in [0.25, 0.3) is 0 Å². The number of piperazine rings is 1. The van der Waals surface area contributed by atoms with Crippen LogP contribution in [-0.4, -0.2) is 71.5 Å². The molecule has 25 heavy (non-hydrogen) atoms. The number of ether oxygens (including phenoxy) is 1. The number of aromatic amines is 1. The topological polar surface area (TPSA) is 116 Å². The van der Waals surface area contributed by atoms with Crippen LogP contribution < -0.4 is 0 Å². The van der Waals surface area contributed by atoms with Gasteiger partial charge in [-0.2, -0.15) is 5.26 Å². The molecule has 0 aliphatic carbocycles. The molecule has 0 radical (unpaired) electrons. The largest absolute Gasteiger partial charge is 0.505 e. The smallest absolute Gasteiger partial charge is 0.343 e. The molecular formula is C17H23N5O3. The molecule has 0 unspecified atom stereocenters. The van der Waals surface area contributed by atoms with Gasteiger partial charge >= 0.3 is 5.97 Å². The molecular weight excluding hydrogens is 322 g/mol. The fourth-order valence-corrected chi connectivity index (χ4v) is 2.69. The minimum absolute atomic E-state index is 0.0523. The van der Waals surface area contributed by atoms with Crippen LogP contribution in [0.4, 0.5) is 0 Å². The van der Waals surface area contributed by atoms with Crippen molar-refractivity contribution in [3.8, 4) is 11.8 Å². The molecule has 2 heterocycles. The van der Waals surface area contributed by atoms with Gasteiger partial charge in [0.15, 0.2) is 5.75 Å². The number of carbonyl (C=O) groups is 1. The normalized spacial score (nSPS) is 15.8. The zero-order valence-electron chi connectivity index (χ0n) is 14.7. The molecule has 0 aromatic carbocycles. The minimum atomic E-state index is -0.624. The number of likely N-dealkylation sites (N-methyl/N-ethyl adjacent to an activating group) is 1. The monoisotopic (exact) mass is 345 g/mol. The number of esters is 1. The van der Waals surface area contributed by atoms with Crippen molar-refractivity contribution < 1.29 is 14.6 Å². The van der Waals surface area contributed by atoms with E-state index in [4.69, 9.17) is 10.1 Å². The second-order valence-electron chi connectivity index (χ2n) is 5.92. The molecule has 1 saturated heterocycles. The van der Waals surface area contributed by atoms with Crippen molar-refractivity contribution in [2.24, 2.45) is 0 Å². The number of rotatable bonds is 4. The molecule has 134 valence electrons.